The summed E-state index contributed by atoms with van der Waals surface area (Å²) in [4.78, 5) is 10.8. The lowest BCUT2D eigenvalue weighted by Crippen LogP contribution is -2.29. The molecule has 0 fully saturated rings. The highest BCUT2D eigenvalue weighted by Gasteiger charge is 2.38. The van der Waals surface area contributed by atoms with Crippen LogP contribution in [0.4, 0.5) is 18.9 Å². The van der Waals surface area contributed by atoms with Gasteiger partial charge in [-0.1, -0.05) is 19.9 Å². The van der Waals surface area contributed by atoms with Gasteiger partial charge in [-0.15, -0.1) is 0 Å². The number of ether oxygens (including phenoxy) is 1. The summed E-state index contributed by atoms with van der Waals surface area (Å²) < 4.78 is 41.3. The second-order valence-corrected chi connectivity index (χ2v) is 4.06. The van der Waals surface area contributed by atoms with Gasteiger partial charge >= 0.3 is 12.1 Å². The van der Waals surface area contributed by atoms with Crippen LogP contribution in [0.15, 0.2) is 18.2 Å². The van der Waals surface area contributed by atoms with Crippen molar-refractivity contribution in [2.24, 2.45) is 0 Å². The largest absolute Gasteiger partial charge is 0.496 e. The fourth-order valence-corrected chi connectivity index (χ4v) is 1.47. The van der Waals surface area contributed by atoms with Crippen LogP contribution < -0.4 is 10.1 Å². The average Bonchev–Trinajstić information content (AvgIpc) is 2.27. The lowest BCUT2D eigenvalue weighted by molar-refractivity contribution is -0.167. The second kappa shape index (κ2) is 5.29. The maximum atomic E-state index is 12.1. The van der Waals surface area contributed by atoms with Crippen molar-refractivity contribution in [3.05, 3.63) is 23.8 Å². The summed E-state index contributed by atoms with van der Waals surface area (Å²) in [6.45, 7) is 3.87. The van der Waals surface area contributed by atoms with Gasteiger partial charge in [-0.2, -0.15) is 13.2 Å². The van der Waals surface area contributed by atoms with Crippen molar-refractivity contribution in [3.8, 4) is 5.75 Å². The molecular formula is C12H14F3NO2. The number of hydrogen-bond donors (Lipinski definition) is 1. The number of benzene rings is 1. The van der Waals surface area contributed by atoms with Crippen LogP contribution in [-0.2, 0) is 4.79 Å². The molecule has 0 bridgehead atoms. The van der Waals surface area contributed by atoms with Crippen LogP contribution in [0.3, 0.4) is 0 Å². The summed E-state index contributed by atoms with van der Waals surface area (Å²) in [6, 6.07) is 4.43. The molecule has 1 amide bonds. The topological polar surface area (TPSA) is 38.3 Å². The molecule has 0 atom stereocenters. The first-order valence-electron chi connectivity index (χ1n) is 5.31. The van der Waals surface area contributed by atoms with E-state index in [1.165, 1.54) is 19.2 Å². The molecule has 0 aliphatic rings. The minimum atomic E-state index is -4.90. The Labute approximate surface area is 103 Å². The third-order valence-electron chi connectivity index (χ3n) is 2.37. The van der Waals surface area contributed by atoms with Gasteiger partial charge in [0.05, 0.1) is 7.11 Å². The van der Waals surface area contributed by atoms with E-state index in [0.717, 1.165) is 5.56 Å². The first-order valence-corrected chi connectivity index (χ1v) is 5.31. The third kappa shape index (κ3) is 3.38. The van der Waals surface area contributed by atoms with Gasteiger partial charge in [0, 0.05) is 11.8 Å². The number of anilines is 1. The summed E-state index contributed by atoms with van der Waals surface area (Å²) in [6.07, 6.45) is -4.90. The van der Waals surface area contributed by atoms with E-state index in [1.54, 1.807) is 11.4 Å². The number of halogens is 3. The summed E-state index contributed by atoms with van der Waals surface area (Å²) in [5.41, 5.74) is 0.918. The van der Waals surface area contributed by atoms with Gasteiger partial charge in [0.25, 0.3) is 0 Å². The number of nitrogens with one attached hydrogen (secondary N) is 1. The Hall–Kier alpha value is -1.72. The Kier molecular flexibility index (Phi) is 4.21. The minimum Gasteiger partial charge on any atom is -0.496 e. The third-order valence-corrected chi connectivity index (χ3v) is 2.37. The van der Waals surface area contributed by atoms with Gasteiger partial charge in [-0.25, -0.2) is 0 Å². The Bertz CT molecular complexity index is 441. The van der Waals surface area contributed by atoms with Crippen molar-refractivity contribution in [1.82, 2.24) is 0 Å². The fraction of sp³-hybridized carbons (Fsp3) is 0.417. The molecule has 0 radical (unpaired) electrons. The highest BCUT2D eigenvalue weighted by Crippen LogP contribution is 2.29. The number of rotatable bonds is 3. The summed E-state index contributed by atoms with van der Waals surface area (Å²) in [5, 5.41) is 1.78. The van der Waals surface area contributed by atoms with Crippen LogP contribution >= 0.6 is 0 Å². The number of carbonyl (C=O) groups is 1. The van der Waals surface area contributed by atoms with E-state index >= 15 is 0 Å². The molecule has 1 rings (SSSR count). The Balaban J connectivity index is 2.96. The average molecular weight is 261 g/mol. The van der Waals surface area contributed by atoms with Crippen molar-refractivity contribution in [2.75, 3.05) is 12.4 Å². The maximum absolute atomic E-state index is 12.1. The van der Waals surface area contributed by atoms with Gasteiger partial charge < -0.3 is 10.1 Å². The molecule has 18 heavy (non-hydrogen) atoms. The smallest absolute Gasteiger partial charge is 0.471 e. The molecule has 0 aliphatic heterocycles. The Morgan fingerprint density at radius 1 is 1.33 bits per heavy atom. The van der Waals surface area contributed by atoms with E-state index in [4.69, 9.17) is 4.74 Å². The zero-order valence-corrected chi connectivity index (χ0v) is 10.3. The number of carbonyl (C=O) groups excluding carboxylic acids is 1. The SMILES string of the molecule is COc1cc(NC(=O)C(F)(F)F)ccc1C(C)C. The van der Waals surface area contributed by atoms with Gasteiger partial charge in [0.2, 0.25) is 0 Å². The van der Waals surface area contributed by atoms with Crippen LogP contribution in [0.1, 0.15) is 25.3 Å². The molecule has 0 saturated carbocycles. The fourth-order valence-electron chi connectivity index (χ4n) is 1.47. The van der Waals surface area contributed by atoms with Gasteiger partial charge in [0.1, 0.15) is 5.75 Å². The van der Waals surface area contributed by atoms with Gasteiger partial charge in [-0.3, -0.25) is 4.79 Å². The van der Waals surface area contributed by atoms with E-state index in [9.17, 15) is 18.0 Å². The second-order valence-electron chi connectivity index (χ2n) is 4.06. The number of hydrogen-bond acceptors (Lipinski definition) is 2. The van der Waals surface area contributed by atoms with Crippen molar-refractivity contribution in [3.63, 3.8) is 0 Å². The molecule has 0 spiro atoms. The molecule has 1 aromatic rings. The van der Waals surface area contributed by atoms with Crippen LogP contribution in [0.2, 0.25) is 0 Å². The quantitative estimate of drug-likeness (QED) is 0.906. The maximum Gasteiger partial charge on any atom is 0.471 e. The van der Waals surface area contributed by atoms with Crippen molar-refractivity contribution < 1.29 is 22.7 Å². The number of alkyl halides is 3. The monoisotopic (exact) mass is 261 g/mol. The van der Waals surface area contributed by atoms with E-state index in [-0.39, 0.29) is 11.6 Å². The molecule has 3 nitrogen and oxygen atoms in total. The van der Waals surface area contributed by atoms with Crippen molar-refractivity contribution in [1.29, 1.82) is 0 Å². The summed E-state index contributed by atoms with van der Waals surface area (Å²) in [7, 11) is 1.43. The first-order chi connectivity index (χ1) is 8.25. The predicted octanol–water partition coefficient (Wildman–Crippen LogP) is 3.32. The van der Waals surface area contributed by atoms with Crippen LogP contribution in [0, 0.1) is 0 Å². The lowest BCUT2D eigenvalue weighted by Gasteiger charge is -2.14. The Morgan fingerprint density at radius 2 is 1.94 bits per heavy atom. The first kappa shape index (κ1) is 14.3. The molecule has 1 N–H and O–H groups in total. The molecule has 0 heterocycles. The highest BCUT2D eigenvalue weighted by molar-refractivity contribution is 5.95. The van der Waals surface area contributed by atoms with E-state index in [1.807, 2.05) is 13.8 Å². The molecule has 1 aromatic carbocycles. The van der Waals surface area contributed by atoms with Crippen LogP contribution in [0.25, 0.3) is 0 Å². The lowest BCUT2D eigenvalue weighted by atomic mass is 10.0. The van der Waals surface area contributed by atoms with Crippen LogP contribution in [0.5, 0.6) is 5.75 Å². The Morgan fingerprint density at radius 3 is 2.39 bits per heavy atom. The van der Waals surface area contributed by atoms with Crippen molar-refractivity contribution in [2.45, 2.75) is 25.9 Å². The number of amides is 1. The zero-order valence-electron chi connectivity index (χ0n) is 10.3. The number of methoxy groups -OCH3 is 1. The molecule has 100 valence electrons. The minimum absolute atomic E-state index is 0.0542. The van der Waals surface area contributed by atoms with E-state index < -0.39 is 12.1 Å². The standard InChI is InChI=1S/C12H14F3NO2/c1-7(2)9-5-4-8(6-10(9)18-3)16-11(17)12(13,14)15/h4-7H,1-3H3,(H,16,17). The molecule has 6 heteroatoms. The predicted molar refractivity (Wildman–Crippen MR) is 61.8 cm³/mol. The van der Waals surface area contributed by atoms with Crippen LogP contribution in [-0.4, -0.2) is 19.2 Å². The van der Waals surface area contributed by atoms with Gasteiger partial charge in [-0.05, 0) is 17.5 Å². The molecule has 0 aromatic heterocycles. The van der Waals surface area contributed by atoms with E-state index in [2.05, 4.69) is 0 Å². The molecule has 0 unspecified atom stereocenters. The zero-order chi connectivity index (χ0) is 13.9. The summed E-state index contributed by atoms with van der Waals surface area (Å²) in [5.74, 6) is -1.38. The highest BCUT2D eigenvalue weighted by atomic mass is 19.4. The molecule has 0 saturated heterocycles. The normalized spacial score (nSPS) is 11.5. The summed E-state index contributed by atoms with van der Waals surface area (Å²) >= 11 is 0. The molecular weight excluding hydrogens is 247 g/mol. The van der Waals surface area contributed by atoms with E-state index in [0.29, 0.717) is 5.75 Å². The molecule has 0 aliphatic carbocycles. The van der Waals surface area contributed by atoms with Gasteiger partial charge in [0.15, 0.2) is 0 Å². The van der Waals surface area contributed by atoms with Crippen molar-refractivity contribution >= 4 is 11.6 Å².